The van der Waals surface area contributed by atoms with Crippen LogP contribution in [-0.2, 0) is 4.79 Å². The van der Waals surface area contributed by atoms with Crippen molar-refractivity contribution in [3.63, 3.8) is 0 Å². The van der Waals surface area contributed by atoms with Crippen molar-refractivity contribution in [2.45, 2.75) is 38.5 Å². The predicted octanol–water partition coefficient (Wildman–Crippen LogP) is 1.29. The first kappa shape index (κ1) is 10.9. The summed E-state index contributed by atoms with van der Waals surface area (Å²) >= 11 is 0. The first-order valence-corrected chi connectivity index (χ1v) is 6.34. The number of amides is 1. The van der Waals surface area contributed by atoms with E-state index < -0.39 is 0 Å². The summed E-state index contributed by atoms with van der Waals surface area (Å²) in [5.74, 6) is 1.42. The lowest BCUT2D eigenvalue weighted by Gasteiger charge is -2.26. The third-order valence-electron chi connectivity index (χ3n) is 3.73. The molecule has 2 aliphatic rings. The van der Waals surface area contributed by atoms with E-state index in [-0.39, 0.29) is 0 Å². The minimum Gasteiger partial charge on any atom is -0.356 e. The van der Waals surface area contributed by atoms with Crippen LogP contribution >= 0.6 is 0 Å². The number of nitrogens with one attached hydrogen (secondary N) is 2. The highest BCUT2D eigenvalue weighted by atomic mass is 16.1. The highest BCUT2D eigenvalue weighted by Crippen LogP contribution is 2.26. The Morgan fingerprint density at radius 1 is 1.27 bits per heavy atom. The highest BCUT2D eigenvalue weighted by molar-refractivity contribution is 5.79. The van der Waals surface area contributed by atoms with E-state index in [9.17, 15) is 4.79 Å². The molecule has 2 rings (SSSR count). The summed E-state index contributed by atoms with van der Waals surface area (Å²) in [6.45, 7) is 3.19. The molecular formula is C12H22N2O. The van der Waals surface area contributed by atoms with E-state index in [1.165, 1.54) is 25.8 Å². The van der Waals surface area contributed by atoms with Crippen molar-refractivity contribution in [1.82, 2.24) is 10.6 Å². The van der Waals surface area contributed by atoms with Gasteiger partial charge in [0.05, 0.1) is 0 Å². The molecule has 1 unspecified atom stereocenters. The first-order valence-electron chi connectivity index (χ1n) is 6.34. The molecule has 1 saturated carbocycles. The second-order valence-corrected chi connectivity index (χ2v) is 4.92. The maximum Gasteiger partial charge on any atom is 0.223 e. The molecule has 1 aliphatic heterocycles. The zero-order valence-corrected chi connectivity index (χ0v) is 9.43. The maximum absolute atomic E-state index is 11.5. The Bertz CT molecular complexity index is 208. The number of carbonyl (C=O) groups is 1. The molecule has 3 heteroatoms. The minimum atomic E-state index is 0.296. The van der Waals surface area contributed by atoms with Crippen molar-refractivity contribution in [2.75, 3.05) is 19.6 Å². The fourth-order valence-corrected chi connectivity index (χ4v) is 2.38. The van der Waals surface area contributed by atoms with Crippen LogP contribution in [0.4, 0.5) is 0 Å². The Labute approximate surface area is 92.0 Å². The zero-order chi connectivity index (χ0) is 10.5. The van der Waals surface area contributed by atoms with Crippen LogP contribution in [0.1, 0.15) is 38.5 Å². The molecule has 0 aromatic rings. The van der Waals surface area contributed by atoms with Gasteiger partial charge in [-0.3, -0.25) is 4.79 Å². The summed E-state index contributed by atoms with van der Waals surface area (Å²) in [5.41, 5.74) is 0. The van der Waals surface area contributed by atoms with Gasteiger partial charge in [-0.15, -0.1) is 0 Å². The number of piperidine rings is 1. The Balaban J connectivity index is 1.55. The Morgan fingerprint density at radius 3 is 2.73 bits per heavy atom. The van der Waals surface area contributed by atoms with E-state index >= 15 is 0 Å². The van der Waals surface area contributed by atoms with Gasteiger partial charge < -0.3 is 10.6 Å². The average molecular weight is 210 g/mol. The Morgan fingerprint density at radius 2 is 2.13 bits per heavy atom. The SMILES string of the molecule is O=C(NCCC1CCCNC1)C1CCC1. The summed E-state index contributed by atoms with van der Waals surface area (Å²) in [7, 11) is 0. The molecule has 0 aromatic carbocycles. The highest BCUT2D eigenvalue weighted by Gasteiger charge is 2.24. The van der Waals surface area contributed by atoms with E-state index in [2.05, 4.69) is 10.6 Å². The monoisotopic (exact) mass is 210 g/mol. The summed E-state index contributed by atoms with van der Waals surface area (Å²) in [6.07, 6.45) is 7.22. The lowest BCUT2D eigenvalue weighted by Crippen LogP contribution is -2.37. The van der Waals surface area contributed by atoms with Crippen LogP contribution in [0.25, 0.3) is 0 Å². The van der Waals surface area contributed by atoms with E-state index in [1.54, 1.807) is 0 Å². The molecule has 1 atom stereocenters. The van der Waals surface area contributed by atoms with Crippen LogP contribution in [0.3, 0.4) is 0 Å². The van der Waals surface area contributed by atoms with Gasteiger partial charge >= 0.3 is 0 Å². The topological polar surface area (TPSA) is 41.1 Å². The number of hydrogen-bond donors (Lipinski definition) is 2. The molecule has 1 amide bonds. The van der Waals surface area contributed by atoms with Gasteiger partial charge in [0.2, 0.25) is 5.91 Å². The van der Waals surface area contributed by atoms with E-state index in [0.29, 0.717) is 11.8 Å². The maximum atomic E-state index is 11.5. The van der Waals surface area contributed by atoms with Crippen LogP contribution in [0.2, 0.25) is 0 Å². The molecule has 15 heavy (non-hydrogen) atoms. The summed E-state index contributed by atoms with van der Waals surface area (Å²) in [5, 5.41) is 6.47. The van der Waals surface area contributed by atoms with Crippen LogP contribution in [0.15, 0.2) is 0 Å². The van der Waals surface area contributed by atoms with Gasteiger partial charge in [-0.05, 0) is 51.1 Å². The van der Waals surface area contributed by atoms with Crippen LogP contribution in [0.5, 0.6) is 0 Å². The van der Waals surface area contributed by atoms with Crippen molar-refractivity contribution >= 4 is 5.91 Å². The normalized spacial score (nSPS) is 27.1. The largest absolute Gasteiger partial charge is 0.356 e. The van der Waals surface area contributed by atoms with Crippen molar-refractivity contribution in [3.8, 4) is 0 Å². The summed E-state index contributed by atoms with van der Waals surface area (Å²) < 4.78 is 0. The van der Waals surface area contributed by atoms with Crippen LogP contribution in [-0.4, -0.2) is 25.5 Å². The fourth-order valence-electron chi connectivity index (χ4n) is 2.38. The van der Waals surface area contributed by atoms with Gasteiger partial charge in [-0.2, -0.15) is 0 Å². The Kier molecular flexibility index (Phi) is 4.01. The molecule has 3 nitrogen and oxygen atoms in total. The second-order valence-electron chi connectivity index (χ2n) is 4.92. The molecule has 2 N–H and O–H groups in total. The van der Waals surface area contributed by atoms with Gasteiger partial charge in [0, 0.05) is 12.5 Å². The van der Waals surface area contributed by atoms with Crippen molar-refractivity contribution < 1.29 is 4.79 Å². The molecule has 0 aromatic heterocycles. The predicted molar refractivity (Wildman–Crippen MR) is 60.6 cm³/mol. The molecule has 1 heterocycles. The number of hydrogen-bond acceptors (Lipinski definition) is 2. The van der Waals surface area contributed by atoms with Gasteiger partial charge in [0.15, 0.2) is 0 Å². The van der Waals surface area contributed by atoms with Crippen molar-refractivity contribution in [1.29, 1.82) is 0 Å². The Hall–Kier alpha value is -0.570. The van der Waals surface area contributed by atoms with E-state index in [4.69, 9.17) is 0 Å². The fraction of sp³-hybridized carbons (Fsp3) is 0.917. The standard InChI is InChI=1S/C12H22N2O/c15-12(11-4-1-5-11)14-8-6-10-3-2-7-13-9-10/h10-11,13H,1-9H2,(H,14,15). The van der Waals surface area contributed by atoms with E-state index in [0.717, 1.165) is 38.3 Å². The van der Waals surface area contributed by atoms with Crippen LogP contribution < -0.4 is 10.6 Å². The molecule has 0 bridgehead atoms. The number of carbonyl (C=O) groups excluding carboxylic acids is 1. The quantitative estimate of drug-likeness (QED) is 0.734. The average Bonchev–Trinajstić information content (AvgIpc) is 2.16. The molecule has 0 radical (unpaired) electrons. The van der Waals surface area contributed by atoms with Gasteiger partial charge in [-0.25, -0.2) is 0 Å². The molecular weight excluding hydrogens is 188 g/mol. The smallest absolute Gasteiger partial charge is 0.223 e. The van der Waals surface area contributed by atoms with Crippen molar-refractivity contribution in [2.24, 2.45) is 11.8 Å². The third kappa shape index (κ3) is 3.20. The molecule has 2 fully saturated rings. The molecule has 1 aliphatic carbocycles. The first-order chi connectivity index (χ1) is 7.36. The zero-order valence-electron chi connectivity index (χ0n) is 9.43. The summed E-state index contributed by atoms with van der Waals surface area (Å²) in [6, 6.07) is 0. The number of rotatable bonds is 4. The van der Waals surface area contributed by atoms with Crippen LogP contribution in [0, 0.1) is 11.8 Å². The van der Waals surface area contributed by atoms with Gasteiger partial charge in [-0.1, -0.05) is 6.42 Å². The molecule has 1 saturated heterocycles. The molecule has 0 spiro atoms. The lowest BCUT2D eigenvalue weighted by atomic mass is 9.85. The van der Waals surface area contributed by atoms with Crippen molar-refractivity contribution in [3.05, 3.63) is 0 Å². The van der Waals surface area contributed by atoms with Gasteiger partial charge in [0.1, 0.15) is 0 Å². The molecule has 86 valence electrons. The van der Waals surface area contributed by atoms with Gasteiger partial charge in [0.25, 0.3) is 0 Å². The summed E-state index contributed by atoms with van der Waals surface area (Å²) in [4.78, 5) is 11.5. The third-order valence-corrected chi connectivity index (χ3v) is 3.73. The lowest BCUT2D eigenvalue weighted by molar-refractivity contribution is -0.127. The van der Waals surface area contributed by atoms with E-state index in [1.807, 2.05) is 0 Å². The second kappa shape index (κ2) is 5.50. The minimum absolute atomic E-state index is 0.296.